The summed E-state index contributed by atoms with van der Waals surface area (Å²) in [7, 11) is -3.53. The van der Waals surface area contributed by atoms with Crippen LogP contribution in [0.2, 0.25) is 0 Å². The highest BCUT2D eigenvalue weighted by Crippen LogP contribution is 2.27. The van der Waals surface area contributed by atoms with Crippen molar-refractivity contribution in [1.82, 2.24) is 5.32 Å². The van der Waals surface area contributed by atoms with E-state index in [-0.39, 0.29) is 12.5 Å². The van der Waals surface area contributed by atoms with Crippen molar-refractivity contribution in [2.75, 3.05) is 23.7 Å². The first kappa shape index (κ1) is 18.5. The number of para-hydroxylation sites is 1. The van der Waals surface area contributed by atoms with Gasteiger partial charge in [0.15, 0.2) is 0 Å². The number of anilines is 1. The minimum absolute atomic E-state index is 0.191. The molecule has 0 fully saturated rings. The third kappa shape index (κ3) is 5.02. The molecule has 0 spiro atoms. The first-order chi connectivity index (χ1) is 10.2. The average molecular weight is 326 g/mol. The molecule has 6 heteroatoms. The summed E-state index contributed by atoms with van der Waals surface area (Å²) in [4.78, 5) is 12.1. The van der Waals surface area contributed by atoms with E-state index in [0.717, 1.165) is 17.4 Å². The van der Waals surface area contributed by atoms with E-state index >= 15 is 0 Å². The lowest BCUT2D eigenvalue weighted by Crippen LogP contribution is -2.42. The molecule has 0 aromatic heterocycles. The van der Waals surface area contributed by atoms with Gasteiger partial charge < -0.3 is 5.32 Å². The molecular formula is C16H26N2O3S. The van der Waals surface area contributed by atoms with Crippen molar-refractivity contribution in [3.8, 4) is 0 Å². The van der Waals surface area contributed by atoms with Gasteiger partial charge in [-0.05, 0) is 30.4 Å². The van der Waals surface area contributed by atoms with E-state index < -0.39 is 10.0 Å². The van der Waals surface area contributed by atoms with Crippen LogP contribution in [0.25, 0.3) is 0 Å². The first-order valence-electron chi connectivity index (χ1n) is 7.49. The highest BCUT2D eigenvalue weighted by atomic mass is 32.2. The number of nitrogens with zero attached hydrogens (tertiary/aromatic N) is 1. The van der Waals surface area contributed by atoms with Crippen LogP contribution in [-0.2, 0) is 21.2 Å². The Bertz CT molecular complexity index is 624. The van der Waals surface area contributed by atoms with Crippen LogP contribution in [0.5, 0.6) is 0 Å². The molecule has 124 valence electrons. The van der Waals surface area contributed by atoms with E-state index in [4.69, 9.17) is 0 Å². The maximum Gasteiger partial charge on any atom is 0.240 e. The lowest BCUT2D eigenvalue weighted by atomic mass is 10.1. The molecule has 1 N–H and O–H groups in total. The zero-order chi connectivity index (χ0) is 16.9. The van der Waals surface area contributed by atoms with E-state index in [0.29, 0.717) is 24.6 Å². The van der Waals surface area contributed by atoms with Gasteiger partial charge in [-0.3, -0.25) is 9.10 Å². The second-order valence-corrected chi connectivity index (χ2v) is 7.81. The minimum atomic E-state index is -3.53. The van der Waals surface area contributed by atoms with Gasteiger partial charge in [0.05, 0.1) is 11.9 Å². The lowest BCUT2D eigenvalue weighted by molar-refractivity contribution is -0.119. The van der Waals surface area contributed by atoms with E-state index in [9.17, 15) is 13.2 Å². The maximum absolute atomic E-state index is 12.2. The van der Waals surface area contributed by atoms with Crippen molar-refractivity contribution in [1.29, 1.82) is 0 Å². The van der Waals surface area contributed by atoms with Gasteiger partial charge in [-0.1, -0.05) is 39.0 Å². The second-order valence-electron chi connectivity index (χ2n) is 5.90. The lowest BCUT2D eigenvalue weighted by Gasteiger charge is -2.26. The predicted molar refractivity (Wildman–Crippen MR) is 90.6 cm³/mol. The van der Waals surface area contributed by atoms with Crippen molar-refractivity contribution < 1.29 is 13.2 Å². The molecule has 0 bridgehead atoms. The molecule has 5 nitrogen and oxygen atoms in total. The monoisotopic (exact) mass is 326 g/mol. The molecular weight excluding hydrogens is 300 g/mol. The standard InChI is InChI=1S/C16H26N2O3S/c1-6-14-9-7-8-13(4)16(14)18(22(5,20)21)11-15(19)17-10-12(2)3/h7-9,12H,6,10-11H2,1-5H3,(H,17,19). The molecule has 1 aromatic rings. The molecule has 1 aromatic carbocycles. The highest BCUT2D eigenvalue weighted by molar-refractivity contribution is 7.92. The summed E-state index contributed by atoms with van der Waals surface area (Å²) < 4.78 is 25.5. The topological polar surface area (TPSA) is 66.5 Å². The zero-order valence-electron chi connectivity index (χ0n) is 14.0. The Morgan fingerprint density at radius 1 is 1.32 bits per heavy atom. The van der Waals surface area contributed by atoms with Gasteiger partial charge in [-0.25, -0.2) is 8.42 Å². The summed E-state index contributed by atoms with van der Waals surface area (Å²) in [5.41, 5.74) is 2.38. The van der Waals surface area contributed by atoms with Crippen molar-refractivity contribution in [2.45, 2.75) is 34.1 Å². The number of hydrogen-bond acceptors (Lipinski definition) is 3. The Hall–Kier alpha value is -1.56. The summed E-state index contributed by atoms with van der Waals surface area (Å²) >= 11 is 0. The smallest absolute Gasteiger partial charge is 0.240 e. The van der Waals surface area contributed by atoms with Crippen molar-refractivity contribution in [3.05, 3.63) is 29.3 Å². The van der Waals surface area contributed by atoms with Gasteiger partial charge >= 0.3 is 0 Å². The van der Waals surface area contributed by atoms with Crippen LogP contribution in [0.15, 0.2) is 18.2 Å². The highest BCUT2D eigenvalue weighted by Gasteiger charge is 2.24. The number of nitrogens with one attached hydrogen (secondary N) is 1. The predicted octanol–water partition coefficient (Wildman–Crippen LogP) is 2.10. The summed E-state index contributed by atoms with van der Waals surface area (Å²) in [6.45, 7) is 8.15. The van der Waals surface area contributed by atoms with Gasteiger partial charge in [0.2, 0.25) is 15.9 Å². The number of benzene rings is 1. The maximum atomic E-state index is 12.2. The van der Waals surface area contributed by atoms with Gasteiger partial charge in [-0.2, -0.15) is 0 Å². The number of hydrogen-bond donors (Lipinski definition) is 1. The summed E-state index contributed by atoms with van der Waals surface area (Å²) in [6, 6.07) is 5.65. The third-order valence-electron chi connectivity index (χ3n) is 3.35. The van der Waals surface area contributed by atoms with Crippen LogP contribution in [0.4, 0.5) is 5.69 Å². The Balaban J connectivity index is 3.14. The van der Waals surface area contributed by atoms with Crippen LogP contribution in [0.1, 0.15) is 31.9 Å². The fraction of sp³-hybridized carbons (Fsp3) is 0.562. The normalized spacial score (nSPS) is 11.5. The van der Waals surface area contributed by atoms with E-state index in [1.165, 1.54) is 4.31 Å². The van der Waals surface area contributed by atoms with E-state index in [1.807, 2.05) is 45.9 Å². The number of carbonyl (C=O) groups excluding carboxylic acids is 1. The number of carbonyl (C=O) groups is 1. The largest absolute Gasteiger partial charge is 0.354 e. The molecule has 0 aliphatic carbocycles. The van der Waals surface area contributed by atoms with Crippen molar-refractivity contribution >= 4 is 21.6 Å². The van der Waals surface area contributed by atoms with E-state index in [1.54, 1.807) is 0 Å². The van der Waals surface area contributed by atoms with Gasteiger partial charge in [0.1, 0.15) is 6.54 Å². The SMILES string of the molecule is CCc1cccc(C)c1N(CC(=O)NCC(C)C)S(C)(=O)=O. The third-order valence-corrected chi connectivity index (χ3v) is 4.46. The molecule has 0 aliphatic rings. The second kappa shape index (κ2) is 7.63. The zero-order valence-corrected chi connectivity index (χ0v) is 14.8. The molecule has 0 saturated carbocycles. The average Bonchev–Trinajstić information content (AvgIpc) is 2.41. The van der Waals surface area contributed by atoms with E-state index in [2.05, 4.69) is 5.32 Å². The number of sulfonamides is 1. The summed E-state index contributed by atoms with van der Waals surface area (Å²) in [6.07, 6.45) is 1.84. The van der Waals surface area contributed by atoms with Crippen LogP contribution in [0, 0.1) is 12.8 Å². The fourth-order valence-electron chi connectivity index (χ4n) is 2.23. The van der Waals surface area contributed by atoms with Crippen molar-refractivity contribution in [2.24, 2.45) is 5.92 Å². The van der Waals surface area contributed by atoms with Gasteiger partial charge in [-0.15, -0.1) is 0 Å². The minimum Gasteiger partial charge on any atom is -0.354 e. The first-order valence-corrected chi connectivity index (χ1v) is 9.34. The molecule has 0 aliphatic heterocycles. The molecule has 0 atom stereocenters. The molecule has 0 radical (unpaired) electrons. The molecule has 0 saturated heterocycles. The Labute approximate surface area is 133 Å². The van der Waals surface area contributed by atoms with Crippen LogP contribution >= 0.6 is 0 Å². The Morgan fingerprint density at radius 2 is 1.95 bits per heavy atom. The number of rotatable bonds is 7. The van der Waals surface area contributed by atoms with Crippen molar-refractivity contribution in [3.63, 3.8) is 0 Å². The summed E-state index contributed by atoms with van der Waals surface area (Å²) in [5.74, 6) is 0.0322. The van der Waals surface area contributed by atoms with Crippen LogP contribution in [0.3, 0.4) is 0 Å². The van der Waals surface area contributed by atoms with Crippen LogP contribution < -0.4 is 9.62 Å². The van der Waals surface area contributed by atoms with Gasteiger partial charge in [0, 0.05) is 6.54 Å². The Morgan fingerprint density at radius 3 is 2.45 bits per heavy atom. The number of amides is 1. The summed E-state index contributed by atoms with van der Waals surface area (Å²) in [5, 5.41) is 2.77. The fourth-order valence-corrected chi connectivity index (χ4v) is 3.17. The van der Waals surface area contributed by atoms with Gasteiger partial charge in [0.25, 0.3) is 0 Å². The quantitative estimate of drug-likeness (QED) is 0.834. The molecule has 1 amide bonds. The molecule has 1 rings (SSSR count). The Kier molecular flexibility index (Phi) is 6.41. The number of aryl methyl sites for hydroxylation is 2. The van der Waals surface area contributed by atoms with Crippen LogP contribution in [-0.4, -0.2) is 33.7 Å². The molecule has 22 heavy (non-hydrogen) atoms. The molecule has 0 unspecified atom stereocenters. The molecule has 0 heterocycles.